The summed E-state index contributed by atoms with van der Waals surface area (Å²) in [7, 11) is 0. The first-order valence-corrected chi connectivity index (χ1v) is 3.40. The van der Waals surface area contributed by atoms with E-state index < -0.39 is 6.10 Å². The number of hydrogen-bond donors (Lipinski definition) is 1. The molecule has 1 nitrogen and oxygen atoms in total. The maximum Gasteiger partial charge on any atom is 0.0881 e. The molecule has 0 heterocycles. The lowest BCUT2D eigenvalue weighted by Crippen LogP contribution is -2.16. The summed E-state index contributed by atoms with van der Waals surface area (Å²) in [5.41, 5.74) is 0.936. The summed E-state index contributed by atoms with van der Waals surface area (Å²) in [5, 5.41) is 9.38. The second kappa shape index (κ2) is 4.14. The molecule has 2 atom stereocenters. The van der Waals surface area contributed by atoms with Crippen molar-refractivity contribution in [1.29, 1.82) is 0 Å². The van der Waals surface area contributed by atoms with E-state index in [9.17, 15) is 5.11 Å². The van der Waals surface area contributed by atoms with Gasteiger partial charge in [-0.2, -0.15) is 0 Å². The highest BCUT2D eigenvalue weighted by Crippen LogP contribution is 2.10. The quantitative estimate of drug-likeness (QED) is 0.453. The van der Waals surface area contributed by atoms with Gasteiger partial charge in [0.1, 0.15) is 0 Å². The van der Waals surface area contributed by atoms with Gasteiger partial charge in [0, 0.05) is 5.92 Å². The zero-order valence-corrected chi connectivity index (χ0v) is 6.76. The lowest BCUT2D eigenvalue weighted by molar-refractivity contribution is 0.177. The van der Waals surface area contributed by atoms with Crippen molar-refractivity contribution in [2.24, 2.45) is 5.92 Å². The van der Waals surface area contributed by atoms with Crippen LogP contribution < -0.4 is 0 Å². The van der Waals surface area contributed by atoms with E-state index in [0.717, 1.165) is 5.57 Å². The Balaban J connectivity index is 4.11. The fourth-order valence-electron chi connectivity index (χ4n) is 0.656. The molecule has 1 N–H and O–H groups in total. The van der Waals surface area contributed by atoms with E-state index in [2.05, 4.69) is 5.92 Å². The van der Waals surface area contributed by atoms with Crippen LogP contribution in [0.2, 0.25) is 0 Å². The van der Waals surface area contributed by atoms with Gasteiger partial charge in [-0.3, -0.25) is 0 Å². The van der Waals surface area contributed by atoms with Crippen molar-refractivity contribution >= 4 is 0 Å². The predicted octanol–water partition coefficient (Wildman–Crippen LogP) is 1.58. The van der Waals surface area contributed by atoms with E-state index in [0.29, 0.717) is 0 Å². The Morgan fingerprint density at radius 3 is 2.50 bits per heavy atom. The van der Waals surface area contributed by atoms with Crippen LogP contribution in [0.3, 0.4) is 0 Å². The molecular weight excluding hydrogens is 124 g/mol. The van der Waals surface area contributed by atoms with Crippen LogP contribution in [-0.2, 0) is 0 Å². The van der Waals surface area contributed by atoms with Gasteiger partial charge >= 0.3 is 0 Å². The molecule has 0 spiro atoms. The number of terminal acetylenes is 1. The fraction of sp³-hybridized carbons (Fsp3) is 0.556. The lowest BCUT2D eigenvalue weighted by Gasteiger charge is -2.13. The maximum absolute atomic E-state index is 9.38. The molecule has 0 aliphatic carbocycles. The van der Waals surface area contributed by atoms with E-state index in [1.165, 1.54) is 0 Å². The third-order valence-electron chi connectivity index (χ3n) is 1.66. The number of hydrogen-bond acceptors (Lipinski definition) is 1. The molecule has 0 aliphatic rings. The van der Waals surface area contributed by atoms with Crippen molar-refractivity contribution in [3.8, 4) is 12.3 Å². The lowest BCUT2D eigenvalue weighted by atomic mass is 9.99. The monoisotopic (exact) mass is 138 g/mol. The molecule has 0 aliphatic heterocycles. The Hall–Kier alpha value is -0.740. The van der Waals surface area contributed by atoms with Gasteiger partial charge in [0.2, 0.25) is 0 Å². The molecule has 10 heavy (non-hydrogen) atoms. The van der Waals surface area contributed by atoms with Crippen molar-refractivity contribution in [2.45, 2.75) is 26.9 Å². The third-order valence-corrected chi connectivity index (χ3v) is 1.66. The first-order valence-electron chi connectivity index (χ1n) is 3.40. The molecule has 0 saturated carbocycles. The summed E-state index contributed by atoms with van der Waals surface area (Å²) in [4.78, 5) is 0. The van der Waals surface area contributed by atoms with Gasteiger partial charge in [-0.05, 0) is 26.3 Å². The second-order valence-electron chi connectivity index (χ2n) is 2.43. The average Bonchev–Trinajstić information content (AvgIpc) is 2.00. The van der Waals surface area contributed by atoms with Gasteiger partial charge in [0.15, 0.2) is 0 Å². The van der Waals surface area contributed by atoms with Crippen molar-refractivity contribution in [3.05, 3.63) is 11.6 Å². The minimum absolute atomic E-state index is 0.0869. The standard InChI is InChI=1S/C9H14O/c1-5-7(3)9(10)8(4)6-2/h1,6-7,9-10H,2-4H3/b8-6-. The molecule has 56 valence electrons. The van der Waals surface area contributed by atoms with Crippen LogP contribution in [0, 0.1) is 18.3 Å². The van der Waals surface area contributed by atoms with E-state index >= 15 is 0 Å². The first-order chi connectivity index (χ1) is 4.63. The second-order valence-corrected chi connectivity index (χ2v) is 2.43. The average molecular weight is 138 g/mol. The minimum atomic E-state index is -0.477. The van der Waals surface area contributed by atoms with Crippen molar-refractivity contribution < 1.29 is 5.11 Å². The fourth-order valence-corrected chi connectivity index (χ4v) is 0.656. The van der Waals surface area contributed by atoms with Crippen LogP contribution in [0.4, 0.5) is 0 Å². The van der Waals surface area contributed by atoms with Crippen molar-refractivity contribution in [3.63, 3.8) is 0 Å². The zero-order valence-electron chi connectivity index (χ0n) is 6.76. The number of aliphatic hydroxyl groups is 1. The van der Waals surface area contributed by atoms with Gasteiger partial charge in [0.05, 0.1) is 6.10 Å². The van der Waals surface area contributed by atoms with E-state index in [1.54, 1.807) is 0 Å². The van der Waals surface area contributed by atoms with E-state index in [1.807, 2.05) is 26.8 Å². The summed E-state index contributed by atoms with van der Waals surface area (Å²) >= 11 is 0. The Kier molecular flexibility index (Phi) is 3.83. The van der Waals surface area contributed by atoms with E-state index in [4.69, 9.17) is 6.42 Å². The Bertz CT molecular complexity index is 162. The normalized spacial score (nSPS) is 17.7. The summed E-state index contributed by atoms with van der Waals surface area (Å²) in [5.74, 6) is 2.40. The number of rotatable bonds is 2. The third kappa shape index (κ3) is 2.24. The van der Waals surface area contributed by atoms with Crippen LogP contribution >= 0.6 is 0 Å². The molecule has 0 radical (unpaired) electrons. The molecule has 0 aromatic carbocycles. The smallest absolute Gasteiger partial charge is 0.0881 e. The van der Waals surface area contributed by atoms with Gasteiger partial charge in [-0.25, -0.2) is 0 Å². The topological polar surface area (TPSA) is 20.2 Å². The Morgan fingerprint density at radius 2 is 2.20 bits per heavy atom. The molecule has 0 aromatic rings. The van der Waals surface area contributed by atoms with Crippen LogP contribution in [0.1, 0.15) is 20.8 Å². The zero-order chi connectivity index (χ0) is 8.15. The van der Waals surface area contributed by atoms with Crippen molar-refractivity contribution in [1.82, 2.24) is 0 Å². The molecule has 0 rings (SSSR count). The van der Waals surface area contributed by atoms with Crippen LogP contribution in [-0.4, -0.2) is 11.2 Å². The molecule has 0 amide bonds. The van der Waals surface area contributed by atoms with Crippen LogP contribution in [0.15, 0.2) is 11.6 Å². The van der Waals surface area contributed by atoms with Crippen molar-refractivity contribution in [2.75, 3.05) is 0 Å². The molecule has 1 heteroatoms. The van der Waals surface area contributed by atoms with E-state index in [-0.39, 0.29) is 5.92 Å². The summed E-state index contributed by atoms with van der Waals surface area (Å²) in [6.07, 6.45) is 6.52. The summed E-state index contributed by atoms with van der Waals surface area (Å²) < 4.78 is 0. The van der Waals surface area contributed by atoms with Crippen LogP contribution in [0.25, 0.3) is 0 Å². The molecule has 2 unspecified atom stereocenters. The summed E-state index contributed by atoms with van der Waals surface area (Å²) in [6.45, 7) is 5.60. The molecule has 0 saturated heterocycles. The highest BCUT2D eigenvalue weighted by molar-refractivity contribution is 5.10. The Labute approximate surface area is 62.8 Å². The predicted molar refractivity (Wildman–Crippen MR) is 43.4 cm³/mol. The molecule has 0 aromatic heterocycles. The number of aliphatic hydroxyl groups excluding tert-OH is 1. The largest absolute Gasteiger partial charge is 0.387 e. The maximum atomic E-state index is 9.38. The van der Waals surface area contributed by atoms with Gasteiger partial charge in [-0.1, -0.05) is 6.08 Å². The highest BCUT2D eigenvalue weighted by Gasteiger charge is 2.11. The SMILES string of the molecule is C#CC(C)C(O)/C(C)=C\C. The molecule has 0 bridgehead atoms. The Morgan fingerprint density at radius 1 is 1.70 bits per heavy atom. The van der Waals surface area contributed by atoms with Gasteiger partial charge in [0.25, 0.3) is 0 Å². The van der Waals surface area contributed by atoms with Gasteiger partial charge < -0.3 is 5.11 Å². The highest BCUT2D eigenvalue weighted by atomic mass is 16.3. The van der Waals surface area contributed by atoms with Crippen LogP contribution in [0.5, 0.6) is 0 Å². The number of allylic oxidation sites excluding steroid dienone is 1. The van der Waals surface area contributed by atoms with Gasteiger partial charge in [-0.15, -0.1) is 12.3 Å². The molecular formula is C9H14O. The first kappa shape index (κ1) is 9.26. The summed E-state index contributed by atoms with van der Waals surface area (Å²) in [6, 6.07) is 0. The minimum Gasteiger partial charge on any atom is -0.387 e. The molecule has 0 fully saturated rings.